The zero-order valence-corrected chi connectivity index (χ0v) is 5.46. The molecule has 0 aliphatic rings. The Morgan fingerprint density at radius 3 is 2.00 bits per heavy atom. The van der Waals surface area contributed by atoms with Crippen molar-refractivity contribution in [2.75, 3.05) is 6.61 Å². The number of aliphatic hydroxyl groups excluding tert-OH is 2. The van der Waals surface area contributed by atoms with Crippen molar-refractivity contribution < 1.29 is 10.2 Å². The van der Waals surface area contributed by atoms with Gasteiger partial charge in [-0.2, -0.15) is 0 Å². The van der Waals surface area contributed by atoms with Gasteiger partial charge in [-0.25, -0.2) is 0 Å². The minimum atomic E-state index is -0.370. The van der Waals surface area contributed by atoms with Gasteiger partial charge in [-0.05, 0) is 13.3 Å². The molecule has 0 radical (unpaired) electrons. The number of hydrogen-bond donors (Lipinski definition) is 2. The van der Waals surface area contributed by atoms with E-state index < -0.39 is 0 Å². The first-order valence-corrected chi connectivity index (χ1v) is 3.01. The molecule has 0 spiro atoms. The molecule has 2 nitrogen and oxygen atoms in total. The molecule has 0 aromatic heterocycles. The molecule has 0 saturated heterocycles. The van der Waals surface area contributed by atoms with E-state index in [2.05, 4.69) is 0 Å². The molecule has 0 bridgehead atoms. The molecule has 0 fully saturated rings. The summed E-state index contributed by atoms with van der Waals surface area (Å²) >= 11 is 0. The number of hydrogen-bond acceptors (Lipinski definition) is 2. The summed E-state index contributed by atoms with van der Waals surface area (Å²) in [6.45, 7) is 3.74. The molecule has 2 N–H and O–H groups in total. The Labute approximate surface area is 50.2 Å². The highest BCUT2D eigenvalue weighted by Crippen LogP contribution is 2.05. The van der Waals surface area contributed by atoms with Crippen LogP contribution in [0.3, 0.4) is 0 Å². The summed E-state index contributed by atoms with van der Waals surface area (Å²) in [5.74, 6) is 0.0648. The van der Waals surface area contributed by atoms with Gasteiger partial charge in [0.25, 0.3) is 0 Å². The molecule has 0 saturated carbocycles. The standard InChI is InChI=1S/C6H14O2/c1-3-6(4-7)5(2)8/h5-8H,3-4H2,1-2H3/t5-,6+/m0/s1. The maximum atomic E-state index is 8.85. The van der Waals surface area contributed by atoms with E-state index in [1.165, 1.54) is 0 Å². The molecule has 2 atom stereocenters. The van der Waals surface area contributed by atoms with Crippen molar-refractivity contribution in [2.45, 2.75) is 26.4 Å². The number of aliphatic hydroxyl groups is 2. The van der Waals surface area contributed by atoms with Gasteiger partial charge in [-0.3, -0.25) is 0 Å². The van der Waals surface area contributed by atoms with Crippen molar-refractivity contribution in [2.24, 2.45) is 5.92 Å². The van der Waals surface area contributed by atoms with Crippen LogP contribution in [-0.4, -0.2) is 22.9 Å². The lowest BCUT2D eigenvalue weighted by Gasteiger charge is -2.13. The van der Waals surface area contributed by atoms with E-state index in [4.69, 9.17) is 10.2 Å². The molecule has 0 unspecified atom stereocenters. The van der Waals surface area contributed by atoms with E-state index in [-0.39, 0.29) is 18.6 Å². The second-order valence-corrected chi connectivity index (χ2v) is 2.09. The highest BCUT2D eigenvalue weighted by Gasteiger charge is 2.09. The van der Waals surface area contributed by atoms with E-state index >= 15 is 0 Å². The average molecular weight is 118 g/mol. The Morgan fingerprint density at radius 1 is 1.50 bits per heavy atom. The van der Waals surface area contributed by atoms with Crippen LogP contribution in [0.15, 0.2) is 0 Å². The maximum absolute atomic E-state index is 8.85. The normalized spacial score (nSPS) is 18.0. The summed E-state index contributed by atoms with van der Waals surface area (Å²) in [5.41, 5.74) is 0. The first kappa shape index (κ1) is 7.92. The van der Waals surface area contributed by atoms with Crippen molar-refractivity contribution in [1.82, 2.24) is 0 Å². The first-order chi connectivity index (χ1) is 3.72. The van der Waals surface area contributed by atoms with Crippen LogP contribution in [-0.2, 0) is 0 Å². The summed E-state index contributed by atoms with van der Waals surface area (Å²) in [4.78, 5) is 0. The van der Waals surface area contributed by atoms with E-state index in [9.17, 15) is 0 Å². The molecular formula is C6H14O2. The lowest BCUT2D eigenvalue weighted by atomic mass is 10.0. The molecule has 0 rings (SSSR count). The molecular weight excluding hydrogens is 104 g/mol. The van der Waals surface area contributed by atoms with Crippen molar-refractivity contribution in [1.29, 1.82) is 0 Å². The highest BCUT2D eigenvalue weighted by molar-refractivity contribution is 4.59. The minimum absolute atomic E-state index is 0.0648. The highest BCUT2D eigenvalue weighted by atomic mass is 16.3. The van der Waals surface area contributed by atoms with Crippen LogP contribution in [0.2, 0.25) is 0 Å². The van der Waals surface area contributed by atoms with Gasteiger partial charge in [0.15, 0.2) is 0 Å². The fourth-order valence-electron chi connectivity index (χ4n) is 0.623. The predicted molar refractivity (Wildman–Crippen MR) is 32.5 cm³/mol. The third kappa shape index (κ3) is 2.28. The van der Waals surface area contributed by atoms with Gasteiger partial charge in [-0.15, -0.1) is 0 Å². The van der Waals surface area contributed by atoms with Gasteiger partial charge in [0.1, 0.15) is 0 Å². The molecule has 8 heavy (non-hydrogen) atoms. The van der Waals surface area contributed by atoms with E-state index in [0.29, 0.717) is 0 Å². The van der Waals surface area contributed by atoms with Crippen LogP contribution in [0.25, 0.3) is 0 Å². The van der Waals surface area contributed by atoms with Gasteiger partial charge in [-0.1, -0.05) is 6.92 Å². The molecule has 0 heterocycles. The van der Waals surface area contributed by atoms with Gasteiger partial charge < -0.3 is 10.2 Å². The van der Waals surface area contributed by atoms with Crippen LogP contribution in [0.5, 0.6) is 0 Å². The second-order valence-electron chi connectivity index (χ2n) is 2.09. The third-order valence-corrected chi connectivity index (χ3v) is 1.44. The van der Waals surface area contributed by atoms with Gasteiger partial charge in [0, 0.05) is 12.5 Å². The predicted octanol–water partition coefficient (Wildman–Crippen LogP) is 0.386. The molecule has 0 aliphatic heterocycles. The van der Waals surface area contributed by atoms with Crippen LogP contribution in [0.4, 0.5) is 0 Å². The lowest BCUT2D eigenvalue weighted by molar-refractivity contribution is 0.0787. The molecule has 0 aromatic carbocycles. The maximum Gasteiger partial charge on any atom is 0.0562 e. The van der Waals surface area contributed by atoms with Crippen molar-refractivity contribution in [3.8, 4) is 0 Å². The fourth-order valence-corrected chi connectivity index (χ4v) is 0.623. The van der Waals surface area contributed by atoms with E-state index in [1.807, 2.05) is 6.92 Å². The topological polar surface area (TPSA) is 40.5 Å². The zero-order valence-electron chi connectivity index (χ0n) is 5.46. The Hall–Kier alpha value is -0.0800. The lowest BCUT2D eigenvalue weighted by Crippen LogP contribution is -2.19. The molecule has 2 heteroatoms. The van der Waals surface area contributed by atoms with Crippen LogP contribution in [0, 0.1) is 5.92 Å². The Balaban J connectivity index is 3.35. The SMILES string of the molecule is CC[C@H](CO)[C@H](C)O. The molecule has 0 amide bonds. The first-order valence-electron chi connectivity index (χ1n) is 3.01. The summed E-state index contributed by atoms with van der Waals surface area (Å²) in [6, 6.07) is 0. The fraction of sp³-hybridized carbons (Fsp3) is 1.00. The Morgan fingerprint density at radius 2 is 2.00 bits per heavy atom. The van der Waals surface area contributed by atoms with E-state index in [1.54, 1.807) is 6.92 Å². The summed E-state index contributed by atoms with van der Waals surface area (Å²) < 4.78 is 0. The van der Waals surface area contributed by atoms with Crippen LogP contribution >= 0.6 is 0 Å². The minimum Gasteiger partial charge on any atom is -0.396 e. The molecule has 0 aromatic rings. The van der Waals surface area contributed by atoms with Gasteiger partial charge in [0.2, 0.25) is 0 Å². The van der Waals surface area contributed by atoms with Crippen LogP contribution in [0.1, 0.15) is 20.3 Å². The quantitative estimate of drug-likeness (QED) is 0.562. The summed E-state index contributed by atoms with van der Waals surface area (Å²) in [7, 11) is 0. The zero-order chi connectivity index (χ0) is 6.57. The average Bonchev–Trinajstić information content (AvgIpc) is 1.69. The largest absolute Gasteiger partial charge is 0.396 e. The second kappa shape index (κ2) is 3.87. The van der Waals surface area contributed by atoms with E-state index in [0.717, 1.165) is 6.42 Å². The smallest absolute Gasteiger partial charge is 0.0562 e. The summed E-state index contributed by atoms with van der Waals surface area (Å²) in [6.07, 6.45) is 0.471. The van der Waals surface area contributed by atoms with Crippen molar-refractivity contribution >= 4 is 0 Å². The Bertz CT molecular complexity index is 48.5. The third-order valence-electron chi connectivity index (χ3n) is 1.44. The monoisotopic (exact) mass is 118 g/mol. The molecule has 0 aliphatic carbocycles. The van der Waals surface area contributed by atoms with Crippen LogP contribution < -0.4 is 0 Å². The van der Waals surface area contributed by atoms with Crippen molar-refractivity contribution in [3.63, 3.8) is 0 Å². The summed E-state index contributed by atoms with van der Waals surface area (Å²) in [5, 5.41) is 17.4. The van der Waals surface area contributed by atoms with Crippen molar-refractivity contribution in [3.05, 3.63) is 0 Å². The molecule has 50 valence electrons. The number of rotatable bonds is 3. The van der Waals surface area contributed by atoms with Gasteiger partial charge in [0.05, 0.1) is 6.10 Å². The Kier molecular flexibility index (Phi) is 3.83. The van der Waals surface area contributed by atoms with Gasteiger partial charge >= 0.3 is 0 Å².